The van der Waals surface area contributed by atoms with Gasteiger partial charge in [0.25, 0.3) is 0 Å². The van der Waals surface area contributed by atoms with Gasteiger partial charge in [-0.1, -0.05) is 11.6 Å². The molecule has 0 fully saturated rings. The highest BCUT2D eigenvalue weighted by Crippen LogP contribution is 2.40. The van der Waals surface area contributed by atoms with Crippen LogP contribution in [0, 0.1) is 13.8 Å². The number of hydrogen-bond acceptors (Lipinski definition) is 3. The van der Waals surface area contributed by atoms with Gasteiger partial charge in [0.1, 0.15) is 11.6 Å². The fraction of sp³-hybridized carbons (Fsp3) is 0.250. The number of benzene rings is 1. The van der Waals surface area contributed by atoms with Crippen LogP contribution >= 0.6 is 11.6 Å². The monoisotopic (exact) mass is 251 g/mol. The van der Waals surface area contributed by atoms with Crippen LogP contribution in [0.15, 0.2) is 12.3 Å². The molecule has 0 amide bonds. The Hall–Kier alpha value is -1.68. The number of aromatic nitrogens is 2. The number of aryl methyl sites for hydroxylation is 2. The molecule has 0 aliphatic rings. The van der Waals surface area contributed by atoms with Crippen LogP contribution < -0.4 is 5.73 Å². The lowest BCUT2D eigenvalue weighted by Gasteiger charge is -2.10. The lowest BCUT2D eigenvalue weighted by Crippen LogP contribution is -1.98. The van der Waals surface area contributed by atoms with Crippen LogP contribution in [0.3, 0.4) is 0 Å². The Labute approximate surface area is 105 Å². The average Bonchev–Trinajstić information content (AvgIpc) is 2.62. The number of hydrogen-bond donors (Lipinski definition) is 2. The molecule has 0 saturated carbocycles. The molecule has 17 heavy (non-hydrogen) atoms. The summed E-state index contributed by atoms with van der Waals surface area (Å²) >= 11 is 6.08. The van der Waals surface area contributed by atoms with Crippen molar-refractivity contribution in [3.8, 4) is 16.9 Å². The molecule has 4 nitrogen and oxygen atoms in total. The molecule has 1 aromatic heterocycles. The number of nitrogens with two attached hydrogens (primary N) is 1. The van der Waals surface area contributed by atoms with E-state index >= 15 is 0 Å². The Morgan fingerprint density at radius 1 is 1.35 bits per heavy atom. The Balaban J connectivity index is 2.73. The SMILES string of the molecule is Cc1cc(-c2cnn(C)c2N)c(O)c(Cl)c1C. The highest BCUT2D eigenvalue weighted by atomic mass is 35.5. The van der Waals surface area contributed by atoms with Crippen LogP contribution in [0.4, 0.5) is 5.82 Å². The van der Waals surface area contributed by atoms with Crippen LogP contribution in [-0.2, 0) is 7.05 Å². The van der Waals surface area contributed by atoms with E-state index in [0.717, 1.165) is 11.1 Å². The zero-order valence-electron chi connectivity index (χ0n) is 9.95. The average molecular weight is 252 g/mol. The summed E-state index contributed by atoms with van der Waals surface area (Å²) in [4.78, 5) is 0. The molecule has 1 heterocycles. The van der Waals surface area contributed by atoms with Crippen molar-refractivity contribution in [2.24, 2.45) is 7.05 Å². The second kappa shape index (κ2) is 3.96. The van der Waals surface area contributed by atoms with Gasteiger partial charge in [0.05, 0.1) is 11.2 Å². The van der Waals surface area contributed by atoms with E-state index in [1.54, 1.807) is 17.9 Å². The molecule has 2 rings (SSSR count). The summed E-state index contributed by atoms with van der Waals surface area (Å²) in [6.07, 6.45) is 1.62. The molecule has 0 radical (unpaired) electrons. The molecule has 0 spiro atoms. The normalized spacial score (nSPS) is 10.8. The maximum absolute atomic E-state index is 10.1. The van der Waals surface area contributed by atoms with Crippen LogP contribution in [0.5, 0.6) is 5.75 Å². The lowest BCUT2D eigenvalue weighted by molar-refractivity contribution is 0.477. The van der Waals surface area contributed by atoms with E-state index < -0.39 is 0 Å². The second-order valence-electron chi connectivity index (χ2n) is 4.10. The minimum absolute atomic E-state index is 0.0504. The molecule has 3 N–H and O–H groups in total. The van der Waals surface area contributed by atoms with E-state index in [1.807, 2.05) is 19.9 Å². The van der Waals surface area contributed by atoms with Gasteiger partial charge in [-0.05, 0) is 31.0 Å². The summed E-state index contributed by atoms with van der Waals surface area (Å²) < 4.78 is 1.55. The van der Waals surface area contributed by atoms with Crippen molar-refractivity contribution in [1.82, 2.24) is 9.78 Å². The first kappa shape index (κ1) is 11.8. The molecule has 0 atom stereocenters. The molecule has 2 aromatic rings. The fourth-order valence-electron chi connectivity index (χ4n) is 1.72. The topological polar surface area (TPSA) is 64.1 Å². The first-order valence-electron chi connectivity index (χ1n) is 5.20. The van der Waals surface area contributed by atoms with Gasteiger partial charge in [-0.25, -0.2) is 0 Å². The Morgan fingerprint density at radius 2 is 2.00 bits per heavy atom. The van der Waals surface area contributed by atoms with Gasteiger partial charge in [0.2, 0.25) is 0 Å². The van der Waals surface area contributed by atoms with Crippen molar-refractivity contribution in [3.05, 3.63) is 28.4 Å². The smallest absolute Gasteiger partial charge is 0.142 e. The summed E-state index contributed by atoms with van der Waals surface area (Å²) in [5.41, 5.74) is 9.07. The third-order valence-corrected chi connectivity index (χ3v) is 3.48. The maximum atomic E-state index is 10.1. The number of phenols is 1. The number of anilines is 1. The van der Waals surface area contributed by atoms with E-state index in [4.69, 9.17) is 17.3 Å². The molecule has 5 heteroatoms. The standard InChI is InChI=1S/C12H14ClN3O/c1-6-4-8(11(17)10(13)7(6)2)9-5-15-16(3)12(9)14/h4-5,17H,14H2,1-3H3. The van der Waals surface area contributed by atoms with Gasteiger partial charge in [0.15, 0.2) is 0 Å². The van der Waals surface area contributed by atoms with Crippen molar-refractivity contribution < 1.29 is 5.11 Å². The molecular weight excluding hydrogens is 238 g/mol. The maximum Gasteiger partial charge on any atom is 0.142 e. The summed E-state index contributed by atoms with van der Waals surface area (Å²) in [5, 5.41) is 14.5. The molecule has 0 saturated heterocycles. The van der Waals surface area contributed by atoms with Crippen LogP contribution in [0.25, 0.3) is 11.1 Å². The number of nitrogen functional groups attached to an aromatic ring is 1. The van der Waals surface area contributed by atoms with Crippen molar-refractivity contribution in [3.63, 3.8) is 0 Å². The van der Waals surface area contributed by atoms with Crippen molar-refractivity contribution in [2.45, 2.75) is 13.8 Å². The summed E-state index contributed by atoms with van der Waals surface area (Å²) in [7, 11) is 1.75. The highest BCUT2D eigenvalue weighted by molar-refractivity contribution is 6.33. The third kappa shape index (κ3) is 1.74. The third-order valence-electron chi connectivity index (χ3n) is 3.02. The number of phenolic OH excluding ortho intramolecular Hbond substituents is 1. The van der Waals surface area contributed by atoms with Gasteiger partial charge < -0.3 is 10.8 Å². The Bertz CT molecular complexity index is 590. The van der Waals surface area contributed by atoms with Gasteiger partial charge in [-0.2, -0.15) is 5.10 Å². The Morgan fingerprint density at radius 3 is 2.53 bits per heavy atom. The summed E-state index contributed by atoms with van der Waals surface area (Å²) in [5.74, 6) is 0.550. The molecule has 90 valence electrons. The van der Waals surface area contributed by atoms with Crippen LogP contribution in [0.1, 0.15) is 11.1 Å². The number of halogens is 1. The van der Waals surface area contributed by atoms with Gasteiger partial charge in [-0.3, -0.25) is 4.68 Å². The van der Waals surface area contributed by atoms with E-state index in [-0.39, 0.29) is 5.75 Å². The number of nitrogens with zero attached hydrogens (tertiary/aromatic N) is 2. The van der Waals surface area contributed by atoms with Gasteiger partial charge in [0, 0.05) is 18.2 Å². The van der Waals surface area contributed by atoms with Crippen molar-refractivity contribution >= 4 is 17.4 Å². The van der Waals surface area contributed by atoms with Crippen molar-refractivity contribution in [2.75, 3.05) is 5.73 Å². The predicted octanol–water partition coefficient (Wildman–Crippen LogP) is 2.65. The molecule has 1 aromatic carbocycles. The summed E-state index contributed by atoms with van der Waals surface area (Å²) in [6, 6.07) is 1.86. The Kier molecular flexibility index (Phi) is 2.75. The van der Waals surface area contributed by atoms with E-state index in [2.05, 4.69) is 5.10 Å². The number of rotatable bonds is 1. The quantitative estimate of drug-likeness (QED) is 0.819. The van der Waals surface area contributed by atoms with Crippen LogP contribution in [0.2, 0.25) is 5.02 Å². The molecule has 0 aliphatic carbocycles. The first-order valence-corrected chi connectivity index (χ1v) is 5.57. The minimum Gasteiger partial charge on any atom is -0.506 e. The largest absolute Gasteiger partial charge is 0.506 e. The molecule has 0 unspecified atom stereocenters. The van der Waals surface area contributed by atoms with Crippen LogP contribution in [-0.4, -0.2) is 14.9 Å². The number of aromatic hydroxyl groups is 1. The fourth-order valence-corrected chi connectivity index (χ4v) is 1.97. The zero-order chi connectivity index (χ0) is 12.7. The second-order valence-corrected chi connectivity index (χ2v) is 4.47. The first-order chi connectivity index (χ1) is 7.93. The minimum atomic E-state index is 0.0504. The predicted molar refractivity (Wildman–Crippen MR) is 69.2 cm³/mol. The zero-order valence-corrected chi connectivity index (χ0v) is 10.7. The van der Waals surface area contributed by atoms with Gasteiger partial charge in [-0.15, -0.1) is 0 Å². The summed E-state index contributed by atoms with van der Waals surface area (Å²) in [6.45, 7) is 3.81. The van der Waals surface area contributed by atoms with Crippen molar-refractivity contribution in [1.29, 1.82) is 0 Å². The highest BCUT2D eigenvalue weighted by Gasteiger charge is 2.16. The molecule has 0 bridgehead atoms. The molecular formula is C12H14ClN3O. The lowest BCUT2D eigenvalue weighted by atomic mass is 10.0. The van der Waals surface area contributed by atoms with E-state index in [1.165, 1.54) is 0 Å². The molecule has 0 aliphatic heterocycles. The van der Waals surface area contributed by atoms with E-state index in [0.29, 0.717) is 22.0 Å². The van der Waals surface area contributed by atoms with E-state index in [9.17, 15) is 5.11 Å². The van der Waals surface area contributed by atoms with Gasteiger partial charge >= 0.3 is 0 Å².